The third-order valence-corrected chi connectivity index (χ3v) is 4.18. The maximum Gasteiger partial charge on any atom is 0.136 e. The Balaban J connectivity index is 1.76. The normalized spacial score (nSPS) is 21.5. The van der Waals surface area contributed by atoms with Gasteiger partial charge in [-0.2, -0.15) is 0 Å². The van der Waals surface area contributed by atoms with Crippen molar-refractivity contribution < 1.29 is 4.74 Å². The van der Waals surface area contributed by atoms with Crippen LogP contribution in [0.1, 0.15) is 44.2 Å². The third-order valence-electron chi connectivity index (χ3n) is 4.18. The molecule has 2 heteroatoms. The number of rotatable bonds is 4. The monoisotopic (exact) mass is 293 g/mol. The van der Waals surface area contributed by atoms with E-state index in [4.69, 9.17) is 9.73 Å². The van der Waals surface area contributed by atoms with Crippen LogP contribution in [0.2, 0.25) is 0 Å². The van der Waals surface area contributed by atoms with Crippen molar-refractivity contribution >= 4 is 5.71 Å². The van der Waals surface area contributed by atoms with E-state index in [-0.39, 0.29) is 12.1 Å². The highest BCUT2D eigenvalue weighted by atomic mass is 16.5. The molecule has 1 unspecified atom stereocenters. The van der Waals surface area contributed by atoms with Gasteiger partial charge in [0.25, 0.3) is 0 Å². The van der Waals surface area contributed by atoms with E-state index in [1.807, 2.05) is 36.4 Å². The Labute approximate surface area is 132 Å². The molecule has 114 valence electrons. The van der Waals surface area contributed by atoms with Gasteiger partial charge < -0.3 is 4.74 Å². The van der Waals surface area contributed by atoms with Crippen LogP contribution in [0.25, 0.3) is 0 Å². The molecule has 2 aromatic carbocycles. The molecule has 2 atom stereocenters. The van der Waals surface area contributed by atoms with Crippen LogP contribution in [-0.4, -0.2) is 11.8 Å². The van der Waals surface area contributed by atoms with E-state index in [1.165, 1.54) is 24.1 Å². The summed E-state index contributed by atoms with van der Waals surface area (Å²) in [5.74, 6) is 0.939. The van der Waals surface area contributed by atoms with Crippen LogP contribution in [-0.2, 0) is 0 Å². The summed E-state index contributed by atoms with van der Waals surface area (Å²) in [5.41, 5.74) is 2.48. The fraction of sp³-hybridized carbons (Fsp3) is 0.350. The first-order valence-corrected chi connectivity index (χ1v) is 8.16. The summed E-state index contributed by atoms with van der Waals surface area (Å²) < 4.78 is 6.17. The summed E-state index contributed by atoms with van der Waals surface area (Å²) in [6.07, 6.45) is 4.68. The van der Waals surface area contributed by atoms with Gasteiger partial charge in [0.2, 0.25) is 0 Å². The number of hydrogen-bond acceptors (Lipinski definition) is 2. The highest BCUT2D eigenvalue weighted by molar-refractivity contribution is 5.89. The van der Waals surface area contributed by atoms with Crippen molar-refractivity contribution in [2.75, 3.05) is 0 Å². The lowest BCUT2D eigenvalue weighted by molar-refractivity contribution is 0.238. The number of hydrogen-bond donors (Lipinski definition) is 0. The summed E-state index contributed by atoms with van der Waals surface area (Å²) >= 11 is 0. The lowest BCUT2D eigenvalue weighted by Gasteiger charge is -2.26. The zero-order valence-corrected chi connectivity index (χ0v) is 13.1. The molecule has 0 heterocycles. The maximum atomic E-state index is 6.17. The van der Waals surface area contributed by atoms with E-state index in [0.29, 0.717) is 0 Å². The zero-order chi connectivity index (χ0) is 15.2. The van der Waals surface area contributed by atoms with Crippen LogP contribution in [0.3, 0.4) is 0 Å². The predicted molar refractivity (Wildman–Crippen MR) is 91.6 cm³/mol. The van der Waals surface area contributed by atoms with Gasteiger partial charge in [-0.1, -0.05) is 48.5 Å². The quantitative estimate of drug-likeness (QED) is 0.758. The first-order chi connectivity index (χ1) is 10.8. The molecule has 22 heavy (non-hydrogen) atoms. The summed E-state index contributed by atoms with van der Waals surface area (Å²) in [5, 5.41) is 0. The van der Waals surface area contributed by atoms with Crippen LogP contribution in [0.5, 0.6) is 5.75 Å². The van der Waals surface area contributed by atoms with Crippen molar-refractivity contribution in [1.82, 2.24) is 0 Å². The van der Waals surface area contributed by atoms with Gasteiger partial charge >= 0.3 is 0 Å². The molecule has 3 rings (SSSR count). The molecular weight excluding hydrogens is 270 g/mol. The molecule has 0 saturated heterocycles. The van der Waals surface area contributed by atoms with Gasteiger partial charge in [0.15, 0.2) is 0 Å². The Bertz CT molecular complexity index is 606. The molecular formula is C20H23NO. The molecule has 0 aliphatic heterocycles. The SMILES string of the molecule is C[C@@H](N=C1CCCCC1Oc1ccccc1)c1ccccc1. The van der Waals surface area contributed by atoms with Crippen LogP contribution in [0.15, 0.2) is 65.7 Å². The molecule has 0 aromatic heterocycles. The molecule has 0 N–H and O–H groups in total. The maximum absolute atomic E-state index is 6.17. The molecule has 1 aliphatic carbocycles. The molecule has 1 saturated carbocycles. The van der Waals surface area contributed by atoms with Gasteiger partial charge in [0, 0.05) is 0 Å². The van der Waals surface area contributed by atoms with E-state index in [9.17, 15) is 0 Å². The van der Waals surface area contributed by atoms with Crippen LogP contribution >= 0.6 is 0 Å². The summed E-state index contributed by atoms with van der Waals surface area (Å²) in [4.78, 5) is 4.98. The number of para-hydroxylation sites is 1. The van der Waals surface area contributed by atoms with E-state index in [0.717, 1.165) is 18.6 Å². The molecule has 0 radical (unpaired) electrons. The van der Waals surface area contributed by atoms with Crippen molar-refractivity contribution in [3.05, 3.63) is 66.2 Å². The molecule has 2 aromatic rings. The lowest BCUT2D eigenvalue weighted by Crippen LogP contribution is -2.31. The number of nitrogens with zero attached hydrogens (tertiary/aromatic N) is 1. The van der Waals surface area contributed by atoms with E-state index >= 15 is 0 Å². The zero-order valence-electron chi connectivity index (χ0n) is 13.1. The van der Waals surface area contributed by atoms with Crippen molar-refractivity contribution in [1.29, 1.82) is 0 Å². The Hall–Kier alpha value is -2.09. The summed E-state index contributed by atoms with van der Waals surface area (Å²) in [7, 11) is 0. The lowest BCUT2D eigenvalue weighted by atomic mass is 9.94. The first-order valence-electron chi connectivity index (χ1n) is 8.16. The highest BCUT2D eigenvalue weighted by Crippen LogP contribution is 2.25. The van der Waals surface area contributed by atoms with Crippen molar-refractivity contribution in [2.24, 2.45) is 4.99 Å². The summed E-state index contributed by atoms with van der Waals surface area (Å²) in [6, 6.07) is 20.8. The minimum absolute atomic E-state index is 0.127. The topological polar surface area (TPSA) is 21.6 Å². The Morgan fingerprint density at radius 3 is 2.36 bits per heavy atom. The van der Waals surface area contributed by atoms with Crippen molar-refractivity contribution in [2.45, 2.75) is 44.8 Å². The van der Waals surface area contributed by atoms with Gasteiger partial charge in [0.05, 0.1) is 11.8 Å². The average molecular weight is 293 g/mol. The van der Waals surface area contributed by atoms with Gasteiger partial charge in [-0.3, -0.25) is 4.99 Å². The van der Waals surface area contributed by atoms with Crippen LogP contribution < -0.4 is 4.74 Å². The largest absolute Gasteiger partial charge is 0.485 e. The molecule has 1 aliphatic rings. The van der Waals surface area contributed by atoms with Crippen LogP contribution in [0.4, 0.5) is 0 Å². The van der Waals surface area contributed by atoms with Crippen molar-refractivity contribution in [3.63, 3.8) is 0 Å². The van der Waals surface area contributed by atoms with Gasteiger partial charge in [-0.15, -0.1) is 0 Å². The molecule has 0 bridgehead atoms. The second kappa shape index (κ2) is 7.26. The molecule has 1 fully saturated rings. The fourth-order valence-corrected chi connectivity index (χ4v) is 2.96. The highest BCUT2D eigenvalue weighted by Gasteiger charge is 2.23. The smallest absolute Gasteiger partial charge is 0.136 e. The van der Waals surface area contributed by atoms with Gasteiger partial charge in [-0.05, 0) is 50.3 Å². The molecule has 0 spiro atoms. The van der Waals surface area contributed by atoms with E-state index in [1.54, 1.807) is 0 Å². The second-order valence-electron chi connectivity index (χ2n) is 5.87. The fourth-order valence-electron chi connectivity index (χ4n) is 2.96. The summed E-state index contributed by atoms with van der Waals surface area (Å²) in [6.45, 7) is 2.16. The Morgan fingerprint density at radius 1 is 0.955 bits per heavy atom. The van der Waals surface area contributed by atoms with Gasteiger partial charge in [-0.25, -0.2) is 0 Å². The Kier molecular flexibility index (Phi) is 4.89. The number of ether oxygens (including phenoxy) is 1. The predicted octanol–water partition coefficient (Wildman–Crippen LogP) is 5.21. The van der Waals surface area contributed by atoms with E-state index < -0.39 is 0 Å². The minimum atomic E-state index is 0.127. The Morgan fingerprint density at radius 2 is 1.64 bits per heavy atom. The second-order valence-corrected chi connectivity index (χ2v) is 5.87. The molecule has 2 nitrogen and oxygen atoms in total. The standard InChI is InChI=1S/C20H23NO/c1-16(17-10-4-2-5-11-17)21-19-14-8-9-15-20(19)22-18-12-6-3-7-13-18/h2-7,10-13,16,20H,8-9,14-15H2,1H3/t16-,20?/m1/s1. The van der Waals surface area contributed by atoms with Crippen LogP contribution in [0, 0.1) is 0 Å². The third kappa shape index (κ3) is 3.76. The average Bonchev–Trinajstić information content (AvgIpc) is 2.58. The number of aliphatic imine (C=N–C) groups is 1. The van der Waals surface area contributed by atoms with E-state index in [2.05, 4.69) is 31.2 Å². The first kappa shape index (κ1) is 14.8. The van der Waals surface area contributed by atoms with Crippen molar-refractivity contribution in [3.8, 4) is 5.75 Å². The molecule has 0 amide bonds. The van der Waals surface area contributed by atoms with Gasteiger partial charge in [0.1, 0.15) is 11.9 Å². The minimum Gasteiger partial charge on any atom is -0.485 e. The number of benzene rings is 2.